The van der Waals surface area contributed by atoms with Crippen LogP contribution in [0.3, 0.4) is 0 Å². The number of aryl methyl sites for hydroxylation is 1. The summed E-state index contributed by atoms with van der Waals surface area (Å²) < 4.78 is 5.76. The molecule has 1 amide bonds. The second kappa shape index (κ2) is 11.4. The summed E-state index contributed by atoms with van der Waals surface area (Å²) in [5.74, 6) is -0.961. The number of aliphatic hydroxyl groups excluding tert-OH is 1. The van der Waals surface area contributed by atoms with Gasteiger partial charge in [0.15, 0.2) is 0 Å². The molecule has 0 aliphatic carbocycles. The van der Waals surface area contributed by atoms with Gasteiger partial charge in [0.1, 0.15) is 17.3 Å². The number of anilines is 2. The first-order valence-corrected chi connectivity index (χ1v) is 13.7. The first-order valence-electron chi connectivity index (χ1n) is 13.7. The van der Waals surface area contributed by atoms with Crippen LogP contribution in [0.25, 0.3) is 5.76 Å². The monoisotopic (exact) mass is 541 g/mol. The van der Waals surface area contributed by atoms with E-state index < -0.39 is 17.7 Å². The predicted molar refractivity (Wildman–Crippen MR) is 156 cm³/mol. The number of phenols is 1. The van der Waals surface area contributed by atoms with Gasteiger partial charge in [-0.25, -0.2) is 0 Å². The molecule has 0 spiro atoms. The number of carbonyl (C=O) groups excluding carboxylic acids is 2. The van der Waals surface area contributed by atoms with Crippen LogP contribution in [0.4, 0.5) is 11.4 Å². The van der Waals surface area contributed by atoms with Gasteiger partial charge in [-0.05, 0) is 86.1 Å². The van der Waals surface area contributed by atoms with E-state index in [0.29, 0.717) is 29.2 Å². The first-order chi connectivity index (χ1) is 19.3. The maximum Gasteiger partial charge on any atom is 0.300 e. The van der Waals surface area contributed by atoms with Gasteiger partial charge in [-0.1, -0.05) is 19.1 Å². The van der Waals surface area contributed by atoms with Gasteiger partial charge in [0, 0.05) is 43.1 Å². The largest absolute Gasteiger partial charge is 0.508 e. The predicted octanol–water partition coefficient (Wildman–Crippen LogP) is 4.87. The molecule has 0 aromatic heterocycles. The average Bonchev–Trinajstić information content (AvgIpc) is 3.22. The fraction of sp³-hybridized carbons (Fsp3) is 0.312. The van der Waals surface area contributed by atoms with Gasteiger partial charge in [0.05, 0.1) is 18.2 Å². The summed E-state index contributed by atoms with van der Waals surface area (Å²) in [7, 11) is 2.11. The summed E-state index contributed by atoms with van der Waals surface area (Å²) in [6.45, 7) is 8.25. The molecule has 3 aromatic carbocycles. The molecule has 2 heterocycles. The lowest BCUT2D eigenvalue weighted by atomic mass is 9.94. The Morgan fingerprint density at radius 1 is 0.925 bits per heavy atom. The van der Waals surface area contributed by atoms with Crippen molar-refractivity contribution in [3.63, 3.8) is 0 Å². The van der Waals surface area contributed by atoms with E-state index in [1.54, 1.807) is 30.3 Å². The summed E-state index contributed by atoms with van der Waals surface area (Å²) in [4.78, 5) is 33.0. The number of carbonyl (C=O) groups is 2. The van der Waals surface area contributed by atoms with Crippen molar-refractivity contribution in [2.45, 2.75) is 26.3 Å². The van der Waals surface area contributed by atoms with E-state index in [0.717, 1.165) is 43.9 Å². The lowest BCUT2D eigenvalue weighted by Crippen LogP contribution is -2.44. The molecule has 40 heavy (non-hydrogen) atoms. The smallest absolute Gasteiger partial charge is 0.300 e. The highest BCUT2D eigenvalue weighted by atomic mass is 16.5. The zero-order chi connectivity index (χ0) is 28.4. The van der Waals surface area contributed by atoms with Crippen LogP contribution in [0, 0.1) is 6.92 Å². The minimum atomic E-state index is -0.869. The summed E-state index contributed by atoms with van der Waals surface area (Å²) in [5.41, 5.74) is 3.44. The van der Waals surface area contributed by atoms with E-state index in [4.69, 9.17) is 4.74 Å². The molecule has 208 valence electrons. The van der Waals surface area contributed by atoms with Crippen LogP contribution in [0.1, 0.15) is 36.1 Å². The Morgan fingerprint density at radius 3 is 2.20 bits per heavy atom. The van der Waals surface area contributed by atoms with Gasteiger partial charge in [0.2, 0.25) is 0 Å². The number of piperazine rings is 1. The third-order valence-electron chi connectivity index (χ3n) is 7.56. The molecular formula is C32H35N3O5. The maximum atomic E-state index is 13.5. The van der Waals surface area contributed by atoms with E-state index >= 15 is 0 Å². The quantitative estimate of drug-likeness (QED) is 0.251. The van der Waals surface area contributed by atoms with Crippen molar-refractivity contribution in [2.24, 2.45) is 0 Å². The lowest BCUT2D eigenvalue weighted by Gasteiger charge is -2.34. The van der Waals surface area contributed by atoms with E-state index in [-0.39, 0.29) is 17.1 Å². The molecule has 0 bridgehead atoms. The Morgan fingerprint density at radius 2 is 1.57 bits per heavy atom. The number of amides is 1. The number of benzene rings is 3. The van der Waals surface area contributed by atoms with Crippen LogP contribution < -0.4 is 14.5 Å². The zero-order valence-corrected chi connectivity index (χ0v) is 23.1. The molecule has 0 saturated carbocycles. The fourth-order valence-corrected chi connectivity index (χ4v) is 5.29. The molecule has 8 heteroatoms. The highest BCUT2D eigenvalue weighted by Gasteiger charge is 2.47. The molecule has 2 saturated heterocycles. The third-order valence-corrected chi connectivity index (χ3v) is 7.56. The fourth-order valence-electron chi connectivity index (χ4n) is 5.29. The zero-order valence-electron chi connectivity index (χ0n) is 23.1. The molecule has 2 fully saturated rings. The highest BCUT2D eigenvalue weighted by molar-refractivity contribution is 6.51. The number of ether oxygens (including phenoxy) is 1. The van der Waals surface area contributed by atoms with Crippen LogP contribution >= 0.6 is 0 Å². The summed E-state index contributed by atoms with van der Waals surface area (Å²) in [6, 6.07) is 18.3. The number of aromatic hydroxyl groups is 1. The van der Waals surface area contributed by atoms with Gasteiger partial charge in [-0.2, -0.15) is 0 Å². The molecule has 5 rings (SSSR count). The molecule has 1 atom stereocenters. The number of likely N-dealkylation sites (N-methyl/N-ethyl adjacent to an activating group) is 1. The van der Waals surface area contributed by atoms with Crippen LogP contribution in [-0.2, 0) is 9.59 Å². The van der Waals surface area contributed by atoms with Crippen molar-refractivity contribution in [3.05, 3.63) is 89.0 Å². The Labute approximate surface area is 234 Å². The van der Waals surface area contributed by atoms with Gasteiger partial charge >= 0.3 is 0 Å². The SMILES string of the molecule is CCCOc1ccc(/C(O)=C2/C(=O)C(=O)N(c3ccc(N4CCN(C)CC4)cc3)C2c2ccc(O)cc2)cc1C. The Bertz CT molecular complexity index is 1420. The van der Waals surface area contributed by atoms with Crippen LogP contribution in [0.2, 0.25) is 0 Å². The number of hydrogen-bond acceptors (Lipinski definition) is 7. The van der Waals surface area contributed by atoms with Crippen molar-refractivity contribution >= 4 is 28.8 Å². The Balaban J connectivity index is 1.55. The normalized spacial score (nSPS) is 19.3. The number of aliphatic hydroxyl groups is 1. The van der Waals surface area contributed by atoms with Crippen molar-refractivity contribution in [1.29, 1.82) is 0 Å². The molecule has 1 unspecified atom stereocenters. The summed E-state index contributed by atoms with van der Waals surface area (Å²) in [5, 5.41) is 21.4. The Hall–Kier alpha value is -4.30. The van der Waals surface area contributed by atoms with E-state index in [1.807, 2.05) is 38.1 Å². The number of phenolic OH excluding ortho intramolecular Hbond substituents is 1. The first kappa shape index (κ1) is 27.3. The molecule has 0 radical (unpaired) electrons. The second-order valence-corrected chi connectivity index (χ2v) is 10.4. The van der Waals surface area contributed by atoms with Gasteiger partial charge in [0.25, 0.3) is 11.7 Å². The van der Waals surface area contributed by atoms with Crippen LogP contribution in [-0.4, -0.2) is 66.6 Å². The van der Waals surface area contributed by atoms with Crippen molar-refractivity contribution in [3.8, 4) is 11.5 Å². The van der Waals surface area contributed by atoms with Crippen LogP contribution in [0.15, 0.2) is 72.3 Å². The highest BCUT2D eigenvalue weighted by Crippen LogP contribution is 2.43. The third kappa shape index (κ3) is 5.27. The van der Waals surface area contributed by atoms with E-state index in [1.165, 1.54) is 17.0 Å². The minimum Gasteiger partial charge on any atom is -0.508 e. The molecule has 2 aliphatic heterocycles. The summed E-state index contributed by atoms with van der Waals surface area (Å²) in [6.07, 6.45) is 0.869. The van der Waals surface area contributed by atoms with Gasteiger partial charge < -0.3 is 24.7 Å². The number of nitrogens with zero attached hydrogens (tertiary/aromatic N) is 3. The molecule has 8 nitrogen and oxygen atoms in total. The van der Waals surface area contributed by atoms with Crippen LogP contribution in [0.5, 0.6) is 11.5 Å². The average molecular weight is 542 g/mol. The number of hydrogen-bond donors (Lipinski definition) is 2. The number of rotatable bonds is 7. The minimum absolute atomic E-state index is 0.000426. The topological polar surface area (TPSA) is 93.5 Å². The molecule has 3 aromatic rings. The van der Waals surface area contributed by atoms with E-state index in [2.05, 4.69) is 16.8 Å². The van der Waals surface area contributed by atoms with Gasteiger partial charge in [-0.15, -0.1) is 0 Å². The standard InChI is InChI=1S/C32H35N3O5/c1-4-19-40-27-14-7-23(20-21(27)2)30(37)28-29(22-5-12-26(36)13-6-22)35(32(39)31(28)38)25-10-8-24(9-11-25)34-17-15-33(3)16-18-34/h5-14,20,29,36-37H,4,15-19H2,1-3H3/b30-28-. The summed E-state index contributed by atoms with van der Waals surface area (Å²) >= 11 is 0. The maximum absolute atomic E-state index is 13.5. The lowest BCUT2D eigenvalue weighted by molar-refractivity contribution is -0.132. The molecule has 2 N–H and O–H groups in total. The number of Topliss-reactive ketones (excluding diaryl/α,β-unsaturated/α-hetero) is 1. The second-order valence-electron chi connectivity index (χ2n) is 10.4. The van der Waals surface area contributed by atoms with Crippen molar-refractivity contribution in [1.82, 2.24) is 4.90 Å². The van der Waals surface area contributed by atoms with Gasteiger partial charge in [-0.3, -0.25) is 14.5 Å². The molecule has 2 aliphatic rings. The Kier molecular flexibility index (Phi) is 7.80. The number of ketones is 1. The molecular weight excluding hydrogens is 506 g/mol. The van der Waals surface area contributed by atoms with Crippen molar-refractivity contribution in [2.75, 3.05) is 49.6 Å². The van der Waals surface area contributed by atoms with Crippen molar-refractivity contribution < 1.29 is 24.5 Å². The van der Waals surface area contributed by atoms with E-state index in [9.17, 15) is 19.8 Å².